The number of thiophene rings is 1. The highest BCUT2D eigenvalue weighted by molar-refractivity contribution is 7.10. The molecule has 0 bridgehead atoms. The van der Waals surface area contributed by atoms with Crippen LogP contribution >= 0.6 is 22.9 Å². The van der Waals surface area contributed by atoms with Gasteiger partial charge >= 0.3 is 0 Å². The van der Waals surface area contributed by atoms with Crippen molar-refractivity contribution in [2.24, 2.45) is 0 Å². The first-order chi connectivity index (χ1) is 13.6. The Hall–Kier alpha value is -2.02. The van der Waals surface area contributed by atoms with Crippen LogP contribution in [0.1, 0.15) is 22.9 Å². The summed E-state index contributed by atoms with van der Waals surface area (Å²) < 4.78 is 10.8. The van der Waals surface area contributed by atoms with E-state index in [9.17, 15) is 4.79 Å². The van der Waals surface area contributed by atoms with Crippen LogP contribution in [0.4, 0.5) is 0 Å². The number of amides is 1. The Balaban J connectivity index is 1.49. The summed E-state index contributed by atoms with van der Waals surface area (Å²) in [6.07, 6.45) is 4.33. The molecule has 1 amide bonds. The number of carbonyl (C=O) groups excluding carboxylic acids is 1. The average Bonchev–Trinajstić information content (AvgIpc) is 3.16. The summed E-state index contributed by atoms with van der Waals surface area (Å²) in [6, 6.07) is 5.75. The Labute approximate surface area is 174 Å². The van der Waals surface area contributed by atoms with Gasteiger partial charge in [0.15, 0.2) is 11.5 Å². The number of nitrogens with zero attached hydrogens (tertiary/aromatic N) is 1. The maximum absolute atomic E-state index is 12.1. The number of carbonyl (C=O) groups is 1. The van der Waals surface area contributed by atoms with Crippen LogP contribution in [0.5, 0.6) is 11.5 Å². The molecule has 0 atom stereocenters. The van der Waals surface area contributed by atoms with Crippen LogP contribution in [0, 0.1) is 0 Å². The first kappa shape index (κ1) is 20.7. The Morgan fingerprint density at radius 2 is 2.29 bits per heavy atom. The van der Waals surface area contributed by atoms with E-state index in [2.05, 4.69) is 21.7 Å². The number of halogens is 1. The summed E-state index contributed by atoms with van der Waals surface area (Å²) in [5.74, 6) is 0.938. The molecule has 2 aromatic rings. The van der Waals surface area contributed by atoms with E-state index in [1.807, 2.05) is 18.3 Å². The van der Waals surface area contributed by atoms with E-state index in [1.165, 1.54) is 16.5 Å². The van der Waals surface area contributed by atoms with Crippen molar-refractivity contribution in [3.8, 4) is 11.5 Å². The zero-order chi connectivity index (χ0) is 19.9. The van der Waals surface area contributed by atoms with Crippen LogP contribution in [-0.4, -0.2) is 44.2 Å². The second-order valence-corrected chi connectivity index (χ2v) is 7.89. The van der Waals surface area contributed by atoms with E-state index in [0.29, 0.717) is 29.7 Å². The van der Waals surface area contributed by atoms with Crippen LogP contribution in [0.2, 0.25) is 5.02 Å². The van der Waals surface area contributed by atoms with Crippen molar-refractivity contribution in [2.75, 3.05) is 33.4 Å². The van der Waals surface area contributed by atoms with E-state index in [1.54, 1.807) is 25.3 Å². The topological polar surface area (TPSA) is 50.8 Å². The third-order valence-electron chi connectivity index (χ3n) is 4.58. The third kappa shape index (κ3) is 5.28. The molecule has 1 aromatic heterocycles. The second-order valence-electron chi connectivity index (χ2n) is 6.49. The van der Waals surface area contributed by atoms with Gasteiger partial charge in [0, 0.05) is 37.1 Å². The fourth-order valence-corrected chi connectivity index (χ4v) is 4.35. The van der Waals surface area contributed by atoms with Gasteiger partial charge in [-0.15, -0.1) is 11.3 Å². The normalized spacial score (nSPS) is 14.1. The average molecular weight is 421 g/mol. The van der Waals surface area contributed by atoms with Gasteiger partial charge < -0.3 is 14.8 Å². The van der Waals surface area contributed by atoms with Crippen LogP contribution in [0.3, 0.4) is 0 Å². The largest absolute Gasteiger partial charge is 0.493 e. The van der Waals surface area contributed by atoms with Gasteiger partial charge in [0.25, 0.3) is 0 Å². The highest BCUT2D eigenvalue weighted by Crippen LogP contribution is 2.36. The number of fused-ring (bicyclic) bond motifs is 1. The minimum atomic E-state index is -0.128. The van der Waals surface area contributed by atoms with Crippen molar-refractivity contribution in [3.05, 3.63) is 50.7 Å². The predicted octanol–water partition coefficient (Wildman–Crippen LogP) is 4.00. The summed E-state index contributed by atoms with van der Waals surface area (Å²) in [6.45, 7) is 5.86. The lowest BCUT2D eigenvalue weighted by molar-refractivity contribution is -0.116. The highest BCUT2D eigenvalue weighted by Gasteiger charge is 2.16. The molecule has 2 heterocycles. The lowest BCUT2D eigenvalue weighted by Crippen LogP contribution is -2.37. The van der Waals surface area contributed by atoms with Gasteiger partial charge in [-0.2, -0.15) is 0 Å². The Bertz CT molecular complexity index is 850. The van der Waals surface area contributed by atoms with Crippen LogP contribution in [0.15, 0.2) is 29.7 Å². The first-order valence-electron chi connectivity index (χ1n) is 9.34. The maximum Gasteiger partial charge on any atom is 0.244 e. The molecule has 3 rings (SSSR count). The van der Waals surface area contributed by atoms with Gasteiger partial charge in [0.1, 0.15) is 0 Å². The molecule has 7 heteroatoms. The molecule has 1 N–H and O–H groups in total. The van der Waals surface area contributed by atoms with Crippen LogP contribution in [0.25, 0.3) is 6.08 Å². The molecule has 0 fully saturated rings. The number of nitrogens with one attached hydrogen (secondary N) is 1. The van der Waals surface area contributed by atoms with Crippen LogP contribution in [-0.2, 0) is 17.8 Å². The zero-order valence-corrected chi connectivity index (χ0v) is 17.7. The Kier molecular flexibility index (Phi) is 7.36. The van der Waals surface area contributed by atoms with Crippen molar-refractivity contribution < 1.29 is 14.3 Å². The van der Waals surface area contributed by atoms with E-state index in [4.69, 9.17) is 21.1 Å². The Morgan fingerprint density at radius 3 is 3.07 bits per heavy atom. The predicted molar refractivity (Wildman–Crippen MR) is 115 cm³/mol. The third-order valence-corrected chi connectivity index (χ3v) is 5.89. The van der Waals surface area contributed by atoms with E-state index in [0.717, 1.165) is 31.6 Å². The first-order valence-corrected chi connectivity index (χ1v) is 10.6. The Morgan fingerprint density at radius 1 is 1.43 bits per heavy atom. The summed E-state index contributed by atoms with van der Waals surface area (Å²) >= 11 is 8.10. The van der Waals surface area contributed by atoms with Crippen LogP contribution < -0.4 is 14.8 Å². The number of hydrogen-bond acceptors (Lipinski definition) is 5. The maximum atomic E-state index is 12.1. The molecule has 0 unspecified atom stereocenters. The molecule has 150 valence electrons. The lowest BCUT2D eigenvalue weighted by atomic mass is 10.1. The van der Waals surface area contributed by atoms with E-state index < -0.39 is 0 Å². The molecular weight excluding hydrogens is 396 g/mol. The standard InChI is InChI=1S/C21H25ClN2O3S/c1-3-27-21-17(22)12-15(13-18(21)26-2)4-5-20(25)23-8-10-24-9-6-19-16(14-24)7-11-28-19/h4-5,7,11-13H,3,6,8-10,14H2,1-2H3,(H,23,25)/b5-4+. The molecule has 5 nitrogen and oxygen atoms in total. The summed E-state index contributed by atoms with van der Waals surface area (Å²) in [5.41, 5.74) is 2.20. The van der Waals surface area contributed by atoms with E-state index >= 15 is 0 Å². The molecule has 0 saturated heterocycles. The van der Waals surface area contributed by atoms with Gasteiger partial charge in [-0.25, -0.2) is 0 Å². The molecule has 28 heavy (non-hydrogen) atoms. The minimum absolute atomic E-state index is 0.128. The van der Waals surface area contributed by atoms with Gasteiger partial charge in [0.2, 0.25) is 5.91 Å². The number of methoxy groups -OCH3 is 1. The second kappa shape index (κ2) is 9.96. The SMILES string of the molecule is CCOc1c(Cl)cc(/C=C/C(=O)NCCN2CCc3sccc3C2)cc1OC. The van der Waals surface area contributed by atoms with Gasteiger partial charge in [-0.3, -0.25) is 9.69 Å². The molecular formula is C21H25ClN2O3S. The summed E-state index contributed by atoms with van der Waals surface area (Å²) in [4.78, 5) is 16.0. The lowest BCUT2D eigenvalue weighted by Gasteiger charge is -2.26. The van der Waals surface area contributed by atoms with Crippen molar-refractivity contribution >= 4 is 34.9 Å². The highest BCUT2D eigenvalue weighted by atomic mass is 35.5. The molecule has 1 aliphatic heterocycles. The fraction of sp³-hybridized carbons (Fsp3) is 0.381. The monoisotopic (exact) mass is 420 g/mol. The van der Waals surface area contributed by atoms with Crippen molar-refractivity contribution in [1.82, 2.24) is 10.2 Å². The van der Waals surface area contributed by atoms with Gasteiger partial charge in [-0.05, 0) is 54.1 Å². The number of hydrogen-bond donors (Lipinski definition) is 1. The molecule has 0 saturated carbocycles. The number of benzene rings is 1. The van der Waals surface area contributed by atoms with Crippen molar-refractivity contribution in [1.29, 1.82) is 0 Å². The number of rotatable bonds is 8. The zero-order valence-electron chi connectivity index (χ0n) is 16.2. The van der Waals surface area contributed by atoms with Gasteiger partial charge in [-0.1, -0.05) is 11.6 Å². The molecule has 0 radical (unpaired) electrons. The van der Waals surface area contributed by atoms with Crippen molar-refractivity contribution in [3.63, 3.8) is 0 Å². The molecule has 0 spiro atoms. The molecule has 1 aromatic carbocycles. The number of ether oxygens (including phenoxy) is 2. The van der Waals surface area contributed by atoms with Gasteiger partial charge in [0.05, 0.1) is 18.7 Å². The fourth-order valence-electron chi connectivity index (χ4n) is 3.19. The van der Waals surface area contributed by atoms with E-state index in [-0.39, 0.29) is 5.91 Å². The smallest absolute Gasteiger partial charge is 0.244 e. The molecule has 0 aliphatic carbocycles. The summed E-state index contributed by atoms with van der Waals surface area (Å²) in [5, 5.41) is 5.55. The van der Waals surface area contributed by atoms with Crippen molar-refractivity contribution in [2.45, 2.75) is 19.9 Å². The molecule has 1 aliphatic rings. The summed E-state index contributed by atoms with van der Waals surface area (Å²) in [7, 11) is 1.56. The minimum Gasteiger partial charge on any atom is -0.493 e. The quantitative estimate of drug-likeness (QED) is 0.656.